The first-order chi connectivity index (χ1) is 17.0. The highest BCUT2D eigenvalue weighted by Crippen LogP contribution is 2.46. The van der Waals surface area contributed by atoms with Gasteiger partial charge in [-0.3, -0.25) is 4.90 Å². The minimum Gasteiger partial charge on any atom is -0.478 e. The molecule has 180 valence electrons. The lowest BCUT2D eigenvalue weighted by molar-refractivity contribution is 0.0697. The van der Waals surface area contributed by atoms with Crippen LogP contribution in [0.5, 0.6) is 0 Å². The largest absolute Gasteiger partial charge is 0.478 e. The second-order valence-electron chi connectivity index (χ2n) is 8.99. The Labute approximate surface area is 215 Å². The summed E-state index contributed by atoms with van der Waals surface area (Å²) in [6.45, 7) is 4.11. The highest BCUT2D eigenvalue weighted by molar-refractivity contribution is 7.22. The van der Waals surface area contributed by atoms with Gasteiger partial charge in [0.2, 0.25) is 0 Å². The van der Waals surface area contributed by atoms with Crippen LogP contribution in [0, 0.1) is 0 Å². The molecule has 4 aromatic rings. The molecule has 1 saturated heterocycles. The first-order valence-corrected chi connectivity index (χ1v) is 13.1. The van der Waals surface area contributed by atoms with Crippen molar-refractivity contribution in [3.05, 3.63) is 63.3 Å². The van der Waals surface area contributed by atoms with Crippen molar-refractivity contribution in [3.63, 3.8) is 0 Å². The zero-order valence-corrected chi connectivity index (χ0v) is 21.0. The van der Waals surface area contributed by atoms with Gasteiger partial charge in [0.05, 0.1) is 25.8 Å². The molecule has 2 aromatic heterocycles. The molecule has 6 rings (SSSR count). The fraction of sp³-hybridized carbons (Fsp3) is 0.320. The van der Waals surface area contributed by atoms with Gasteiger partial charge in [-0.1, -0.05) is 45.8 Å². The number of halogens is 2. The molecule has 2 aliphatic rings. The fourth-order valence-corrected chi connectivity index (χ4v) is 6.20. The van der Waals surface area contributed by atoms with Gasteiger partial charge in [0, 0.05) is 49.8 Å². The molecule has 35 heavy (non-hydrogen) atoms. The van der Waals surface area contributed by atoms with Crippen LogP contribution < -0.4 is 4.90 Å². The number of aromatic carboxylic acids is 1. The third-order valence-corrected chi connectivity index (χ3v) is 8.32. The minimum absolute atomic E-state index is 0.284. The number of carboxylic acid groups (broad SMARTS) is 1. The van der Waals surface area contributed by atoms with Gasteiger partial charge in [-0.05, 0) is 43.2 Å². The summed E-state index contributed by atoms with van der Waals surface area (Å²) in [7, 11) is 0. The second-order valence-corrected chi connectivity index (χ2v) is 10.8. The number of hydrogen-bond acceptors (Lipinski definition) is 7. The van der Waals surface area contributed by atoms with Crippen molar-refractivity contribution in [1.82, 2.24) is 15.0 Å². The summed E-state index contributed by atoms with van der Waals surface area (Å²) in [5.74, 6) is 0.457. The molecule has 0 amide bonds. The van der Waals surface area contributed by atoms with Crippen molar-refractivity contribution < 1.29 is 14.4 Å². The van der Waals surface area contributed by atoms with E-state index in [4.69, 9.17) is 32.7 Å². The van der Waals surface area contributed by atoms with Gasteiger partial charge < -0.3 is 14.5 Å². The molecule has 1 N–H and O–H groups in total. The SMILES string of the molecule is O=C(O)c1ccc2nc(N3CCN(Cc4c(-c5c(Cl)cccc5Cl)noc4C4CC4)CC3)sc2c1. The number of rotatable bonds is 6. The van der Waals surface area contributed by atoms with Crippen molar-refractivity contribution in [2.24, 2.45) is 0 Å². The smallest absolute Gasteiger partial charge is 0.335 e. The summed E-state index contributed by atoms with van der Waals surface area (Å²) < 4.78 is 6.71. The molecular weight excluding hydrogens is 507 g/mol. The molecule has 7 nitrogen and oxygen atoms in total. The van der Waals surface area contributed by atoms with Gasteiger partial charge in [0.15, 0.2) is 5.13 Å². The van der Waals surface area contributed by atoms with Gasteiger partial charge in [0.1, 0.15) is 11.5 Å². The van der Waals surface area contributed by atoms with E-state index >= 15 is 0 Å². The third-order valence-electron chi connectivity index (χ3n) is 6.61. The predicted octanol–water partition coefficient (Wildman–Crippen LogP) is 6.16. The maximum atomic E-state index is 11.3. The van der Waals surface area contributed by atoms with Gasteiger partial charge in [-0.2, -0.15) is 0 Å². The predicted molar refractivity (Wildman–Crippen MR) is 138 cm³/mol. The van der Waals surface area contributed by atoms with E-state index in [0.29, 0.717) is 16.0 Å². The minimum atomic E-state index is -0.924. The van der Waals surface area contributed by atoms with Crippen LogP contribution >= 0.6 is 34.5 Å². The van der Waals surface area contributed by atoms with Gasteiger partial charge in [-0.25, -0.2) is 9.78 Å². The summed E-state index contributed by atoms with van der Waals surface area (Å²) in [6.07, 6.45) is 2.24. The van der Waals surface area contributed by atoms with E-state index in [1.54, 1.807) is 18.2 Å². The summed E-state index contributed by atoms with van der Waals surface area (Å²) in [4.78, 5) is 20.7. The van der Waals surface area contributed by atoms with E-state index in [1.807, 2.05) is 18.2 Å². The summed E-state index contributed by atoms with van der Waals surface area (Å²) in [5.41, 5.74) is 3.67. The maximum Gasteiger partial charge on any atom is 0.335 e. The van der Waals surface area contributed by atoms with Crippen LogP contribution in [-0.4, -0.2) is 52.3 Å². The number of fused-ring (bicyclic) bond motifs is 1. The zero-order valence-electron chi connectivity index (χ0n) is 18.7. The lowest BCUT2D eigenvalue weighted by Gasteiger charge is -2.34. The number of piperazine rings is 1. The molecule has 0 spiro atoms. The Morgan fingerprint density at radius 1 is 1.11 bits per heavy atom. The number of carboxylic acids is 1. The van der Waals surface area contributed by atoms with Gasteiger partial charge in [-0.15, -0.1) is 0 Å². The monoisotopic (exact) mass is 528 g/mol. The molecule has 0 bridgehead atoms. The van der Waals surface area contributed by atoms with Crippen molar-refractivity contribution in [2.45, 2.75) is 25.3 Å². The highest BCUT2D eigenvalue weighted by atomic mass is 35.5. The first kappa shape index (κ1) is 22.8. The molecule has 1 aliphatic carbocycles. The molecule has 2 fully saturated rings. The van der Waals surface area contributed by atoms with Crippen LogP contribution in [0.3, 0.4) is 0 Å². The topological polar surface area (TPSA) is 82.7 Å². The van der Waals surface area contributed by atoms with Crippen LogP contribution in [0.25, 0.3) is 21.5 Å². The normalized spacial score (nSPS) is 16.8. The van der Waals surface area contributed by atoms with Crippen LogP contribution in [0.2, 0.25) is 10.0 Å². The van der Waals surface area contributed by atoms with E-state index in [-0.39, 0.29) is 5.56 Å². The van der Waals surface area contributed by atoms with Crippen LogP contribution in [0.1, 0.15) is 40.4 Å². The summed E-state index contributed by atoms with van der Waals surface area (Å²) >= 11 is 14.6. The quantitative estimate of drug-likeness (QED) is 0.321. The Kier molecular flexibility index (Phi) is 5.92. The Morgan fingerprint density at radius 3 is 2.54 bits per heavy atom. The highest BCUT2D eigenvalue weighted by Gasteiger charge is 2.34. The van der Waals surface area contributed by atoms with E-state index in [1.165, 1.54) is 11.3 Å². The lowest BCUT2D eigenvalue weighted by atomic mass is 10.0. The Balaban J connectivity index is 1.20. The number of nitrogens with zero attached hydrogens (tertiary/aromatic N) is 4. The third kappa shape index (κ3) is 4.40. The molecule has 1 aliphatic heterocycles. The van der Waals surface area contributed by atoms with Crippen molar-refractivity contribution in [3.8, 4) is 11.3 Å². The molecule has 2 aromatic carbocycles. The van der Waals surface area contributed by atoms with E-state index in [0.717, 1.165) is 83.5 Å². The number of aromatic nitrogens is 2. The van der Waals surface area contributed by atoms with E-state index < -0.39 is 5.97 Å². The molecule has 3 heterocycles. The fourth-order valence-electron chi connectivity index (χ4n) is 4.56. The van der Waals surface area contributed by atoms with Crippen LogP contribution in [-0.2, 0) is 6.54 Å². The van der Waals surface area contributed by atoms with Crippen molar-refractivity contribution in [2.75, 3.05) is 31.1 Å². The van der Waals surface area contributed by atoms with E-state index in [9.17, 15) is 9.90 Å². The Morgan fingerprint density at radius 2 is 1.86 bits per heavy atom. The number of thiazole rings is 1. The molecular formula is C25H22Cl2N4O3S. The summed E-state index contributed by atoms with van der Waals surface area (Å²) in [5, 5.41) is 15.7. The Bertz CT molecular complexity index is 1400. The maximum absolute atomic E-state index is 11.3. The number of carbonyl (C=O) groups is 1. The Hall–Kier alpha value is -2.65. The number of benzene rings is 2. The molecule has 0 radical (unpaired) electrons. The number of anilines is 1. The standard InChI is InChI=1S/C25H22Cl2N4O3S/c26-17-2-1-3-18(27)21(17)22-16(23(34-29-22)14-4-5-14)13-30-8-10-31(11-9-30)25-28-19-7-6-15(24(32)33)12-20(19)35-25/h1-3,6-7,12,14H,4-5,8-11,13H2,(H,32,33). The number of hydrogen-bond donors (Lipinski definition) is 1. The molecule has 10 heteroatoms. The lowest BCUT2D eigenvalue weighted by Crippen LogP contribution is -2.46. The van der Waals surface area contributed by atoms with Crippen molar-refractivity contribution >= 4 is 55.9 Å². The molecule has 1 saturated carbocycles. The zero-order chi connectivity index (χ0) is 24.1. The average molecular weight is 529 g/mol. The summed E-state index contributed by atoms with van der Waals surface area (Å²) in [6, 6.07) is 10.6. The second kappa shape index (κ2) is 9.09. The van der Waals surface area contributed by atoms with Gasteiger partial charge >= 0.3 is 5.97 Å². The van der Waals surface area contributed by atoms with Crippen LogP contribution in [0.15, 0.2) is 40.9 Å². The average Bonchev–Trinajstić information content (AvgIpc) is 3.47. The molecule has 0 unspecified atom stereocenters. The van der Waals surface area contributed by atoms with Crippen molar-refractivity contribution in [1.29, 1.82) is 0 Å². The first-order valence-electron chi connectivity index (χ1n) is 11.5. The van der Waals surface area contributed by atoms with E-state index in [2.05, 4.69) is 15.0 Å². The van der Waals surface area contributed by atoms with Crippen LogP contribution in [0.4, 0.5) is 5.13 Å². The van der Waals surface area contributed by atoms with Gasteiger partial charge in [0.25, 0.3) is 0 Å². The molecule has 0 atom stereocenters.